The predicted octanol–water partition coefficient (Wildman–Crippen LogP) is 3.42. The van der Waals surface area contributed by atoms with Crippen LogP contribution in [0.2, 0.25) is 0 Å². The van der Waals surface area contributed by atoms with Crippen molar-refractivity contribution in [3.63, 3.8) is 0 Å². The maximum Gasteiger partial charge on any atom is 0.341 e. The third-order valence-corrected chi connectivity index (χ3v) is 3.30. The fourth-order valence-electron chi connectivity index (χ4n) is 2.12. The Balaban J connectivity index is 2.10. The van der Waals surface area contributed by atoms with Gasteiger partial charge in [0, 0.05) is 5.69 Å². The van der Waals surface area contributed by atoms with E-state index in [0.717, 1.165) is 6.07 Å². The van der Waals surface area contributed by atoms with Gasteiger partial charge >= 0.3 is 5.97 Å². The van der Waals surface area contributed by atoms with Crippen molar-refractivity contribution in [3.8, 4) is 0 Å². The highest BCUT2D eigenvalue weighted by Crippen LogP contribution is 2.20. The zero-order valence-electron chi connectivity index (χ0n) is 14.4. The van der Waals surface area contributed by atoms with Crippen molar-refractivity contribution in [2.24, 2.45) is 5.73 Å². The molecule has 0 heterocycles. The number of nitrogens with one attached hydrogen (secondary N) is 1. The van der Waals surface area contributed by atoms with Crippen LogP contribution in [-0.4, -0.2) is 17.5 Å². The first-order chi connectivity index (χ1) is 11.7. The number of nitrogens with two attached hydrogens (primary N) is 1. The number of ether oxygens (including phenoxy) is 1. The molecule has 0 bridgehead atoms. The molecule has 0 aliphatic carbocycles. The van der Waals surface area contributed by atoms with Crippen LogP contribution in [0.4, 0.5) is 10.1 Å². The molecule has 25 heavy (non-hydrogen) atoms. The summed E-state index contributed by atoms with van der Waals surface area (Å²) < 4.78 is 19.3. The van der Waals surface area contributed by atoms with Crippen molar-refractivity contribution < 1.29 is 18.7 Å². The fraction of sp³-hybridized carbons (Fsp3) is 0.263. The molecule has 0 unspecified atom stereocenters. The van der Waals surface area contributed by atoms with Gasteiger partial charge in [0.2, 0.25) is 5.91 Å². The predicted molar refractivity (Wildman–Crippen MR) is 93.6 cm³/mol. The molecular weight excluding hydrogens is 323 g/mol. The van der Waals surface area contributed by atoms with Crippen LogP contribution in [0.1, 0.15) is 42.7 Å². The second kappa shape index (κ2) is 7.44. The van der Waals surface area contributed by atoms with Gasteiger partial charge < -0.3 is 15.8 Å². The first-order valence-corrected chi connectivity index (χ1v) is 7.81. The minimum Gasteiger partial charge on any atom is -0.456 e. The molecule has 2 rings (SSSR count). The zero-order chi connectivity index (χ0) is 18.6. The molecule has 0 fully saturated rings. The van der Waals surface area contributed by atoms with Crippen molar-refractivity contribution in [2.45, 2.75) is 32.4 Å². The highest BCUT2D eigenvalue weighted by Gasteiger charge is 2.21. The Morgan fingerprint density at radius 2 is 1.76 bits per heavy atom. The summed E-state index contributed by atoms with van der Waals surface area (Å²) >= 11 is 0. The molecule has 132 valence electrons. The molecule has 0 saturated heterocycles. The van der Waals surface area contributed by atoms with Gasteiger partial charge in [0.05, 0.1) is 5.56 Å². The van der Waals surface area contributed by atoms with Crippen LogP contribution >= 0.6 is 0 Å². The average Bonchev–Trinajstić information content (AvgIpc) is 2.53. The van der Waals surface area contributed by atoms with E-state index in [2.05, 4.69) is 5.32 Å². The van der Waals surface area contributed by atoms with E-state index in [1.165, 1.54) is 12.1 Å². The summed E-state index contributed by atoms with van der Waals surface area (Å²) in [5.74, 6) is -2.01. The summed E-state index contributed by atoms with van der Waals surface area (Å²) in [5, 5.41) is 2.54. The summed E-state index contributed by atoms with van der Waals surface area (Å²) in [6.45, 7) is 5.09. The monoisotopic (exact) mass is 344 g/mol. The van der Waals surface area contributed by atoms with Gasteiger partial charge in [-0.1, -0.05) is 30.3 Å². The Labute approximate surface area is 146 Å². The Morgan fingerprint density at radius 3 is 2.32 bits per heavy atom. The van der Waals surface area contributed by atoms with Gasteiger partial charge in [-0.15, -0.1) is 0 Å². The summed E-state index contributed by atoms with van der Waals surface area (Å²) in [4.78, 5) is 24.1. The van der Waals surface area contributed by atoms with E-state index in [1.807, 2.05) is 6.07 Å². The summed E-state index contributed by atoms with van der Waals surface area (Å²) in [7, 11) is 0. The lowest BCUT2D eigenvalue weighted by molar-refractivity contribution is -0.117. The van der Waals surface area contributed by atoms with Crippen molar-refractivity contribution in [2.75, 3.05) is 5.32 Å². The molecular formula is C19H21FN2O3. The molecule has 0 aromatic heterocycles. The Morgan fingerprint density at radius 1 is 1.12 bits per heavy atom. The molecule has 2 aromatic rings. The normalized spacial score (nSPS) is 12.4. The third-order valence-electron chi connectivity index (χ3n) is 3.30. The number of hydrogen-bond acceptors (Lipinski definition) is 4. The Kier molecular flexibility index (Phi) is 5.54. The summed E-state index contributed by atoms with van der Waals surface area (Å²) in [5.41, 5.74) is 5.83. The number of rotatable bonds is 4. The number of carbonyl (C=O) groups excluding carboxylic acids is 2. The quantitative estimate of drug-likeness (QED) is 0.833. The smallest absolute Gasteiger partial charge is 0.341 e. The number of carbonyl (C=O) groups is 2. The number of benzene rings is 2. The summed E-state index contributed by atoms with van der Waals surface area (Å²) in [6, 6.07) is 11.7. The molecule has 1 atom stereocenters. The fourth-order valence-corrected chi connectivity index (χ4v) is 2.12. The first kappa shape index (κ1) is 18.6. The van der Waals surface area contributed by atoms with Gasteiger partial charge in [0.1, 0.15) is 17.5 Å². The minimum absolute atomic E-state index is 0.194. The lowest BCUT2D eigenvalue weighted by atomic mass is 10.1. The van der Waals surface area contributed by atoms with E-state index >= 15 is 0 Å². The summed E-state index contributed by atoms with van der Waals surface area (Å²) in [6.07, 6.45) is 0. The van der Waals surface area contributed by atoms with Crippen molar-refractivity contribution in [1.29, 1.82) is 0 Å². The van der Waals surface area contributed by atoms with Gasteiger partial charge in [-0.25, -0.2) is 9.18 Å². The largest absolute Gasteiger partial charge is 0.456 e. The minimum atomic E-state index is -0.880. The van der Waals surface area contributed by atoms with Gasteiger partial charge in [-0.3, -0.25) is 4.79 Å². The molecule has 6 heteroatoms. The molecule has 0 saturated carbocycles. The molecule has 0 aliphatic rings. The average molecular weight is 344 g/mol. The van der Waals surface area contributed by atoms with Crippen molar-refractivity contribution >= 4 is 17.6 Å². The first-order valence-electron chi connectivity index (χ1n) is 7.81. The van der Waals surface area contributed by atoms with Crippen molar-refractivity contribution in [3.05, 3.63) is 65.5 Å². The topological polar surface area (TPSA) is 81.4 Å². The number of hydrogen-bond donors (Lipinski definition) is 2. The zero-order valence-corrected chi connectivity index (χ0v) is 14.4. The standard InChI is InChI=1S/C19H21FN2O3/c1-19(2,3)25-18(24)14-10-9-13(11-15(14)20)22-17(23)16(21)12-7-5-4-6-8-12/h4-11,16H,21H2,1-3H3,(H,22,23)/t16-/m0/s1. The van der Waals surface area contributed by atoms with Crippen molar-refractivity contribution in [1.82, 2.24) is 0 Å². The SMILES string of the molecule is CC(C)(C)OC(=O)c1ccc(NC(=O)[C@@H](N)c2ccccc2)cc1F. The van der Waals surface area contributed by atoms with Gasteiger partial charge in [0.15, 0.2) is 0 Å². The van der Waals surface area contributed by atoms with Crippen LogP contribution in [-0.2, 0) is 9.53 Å². The van der Waals surface area contributed by atoms with Gasteiger partial charge in [-0.2, -0.15) is 0 Å². The number of amides is 1. The van der Waals surface area contributed by atoms with E-state index < -0.39 is 29.3 Å². The van der Waals surface area contributed by atoms with Crippen LogP contribution in [0.3, 0.4) is 0 Å². The lowest BCUT2D eigenvalue weighted by Crippen LogP contribution is -2.28. The Hall–Kier alpha value is -2.73. The van der Waals surface area contributed by atoms with Crippen LogP contribution in [0.25, 0.3) is 0 Å². The molecule has 2 aromatic carbocycles. The van der Waals surface area contributed by atoms with E-state index in [9.17, 15) is 14.0 Å². The Bertz CT molecular complexity index is 770. The second-order valence-electron chi connectivity index (χ2n) is 6.57. The van der Waals surface area contributed by atoms with E-state index in [0.29, 0.717) is 5.56 Å². The maximum absolute atomic E-state index is 14.2. The van der Waals surface area contributed by atoms with E-state index in [4.69, 9.17) is 10.5 Å². The van der Waals surface area contributed by atoms with Crippen LogP contribution in [0.5, 0.6) is 0 Å². The highest BCUT2D eigenvalue weighted by atomic mass is 19.1. The molecule has 1 amide bonds. The highest BCUT2D eigenvalue weighted by molar-refractivity contribution is 5.96. The molecule has 3 N–H and O–H groups in total. The van der Waals surface area contributed by atoms with E-state index in [-0.39, 0.29) is 11.3 Å². The number of halogens is 1. The molecule has 0 aliphatic heterocycles. The number of esters is 1. The lowest BCUT2D eigenvalue weighted by Gasteiger charge is -2.19. The van der Waals surface area contributed by atoms with Crippen LogP contribution in [0, 0.1) is 5.82 Å². The third kappa shape index (κ3) is 5.12. The van der Waals surface area contributed by atoms with Gasteiger partial charge in [0.25, 0.3) is 0 Å². The second-order valence-corrected chi connectivity index (χ2v) is 6.57. The maximum atomic E-state index is 14.2. The molecule has 5 nitrogen and oxygen atoms in total. The molecule has 0 spiro atoms. The molecule has 0 radical (unpaired) electrons. The van der Waals surface area contributed by atoms with Crippen LogP contribution < -0.4 is 11.1 Å². The van der Waals surface area contributed by atoms with Crippen LogP contribution in [0.15, 0.2) is 48.5 Å². The number of anilines is 1. The van der Waals surface area contributed by atoms with Gasteiger partial charge in [-0.05, 0) is 44.5 Å². The van der Waals surface area contributed by atoms with E-state index in [1.54, 1.807) is 45.0 Å².